The first kappa shape index (κ1) is 17.2. The SMILES string of the molecule is CC(C)(SSCCCCS(=O)O)[C@@H](N)C(=O)O. The zero-order chi connectivity index (χ0) is 13.5. The largest absolute Gasteiger partial charge is 0.480 e. The van der Waals surface area contributed by atoms with E-state index in [0.717, 1.165) is 12.2 Å². The molecule has 4 N–H and O–H groups in total. The first-order valence-electron chi connectivity index (χ1n) is 5.14. The third-order valence-corrected chi connectivity index (χ3v) is 6.12. The lowest BCUT2D eigenvalue weighted by molar-refractivity contribution is -0.139. The molecule has 0 aliphatic carbocycles. The molecule has 0 spiro atoms. The molecule has 0 aromatic heterocycles. The molecule has 0 saturated heterocycles. The first-order valence-corrected chi connectivity index (χ1v) is 8.73. The van der Waals surface area contributed by atoms with Gasteiger partial charge in [-0.05, 0) is 26.7 Å². The van der Waals surface area contributed by atoms with E-state index in [1.165, 1.54) is 10.8 Å². The van der Waals surface area contributed by atoms with Crippen LogP contribution in [0, 0.1) is 0 Å². The third kappa shape index (κ3) is 8.04. The van der Waals surface area contributed by atoms with E-state index in [0.29, 0.717) is 12.2 Å². The van der Waals surface area contributed by atoms with Crippen LogP contribution in [0.5, 0.6) is 0 Å². The molecule has 0 bridgehead atoms. The van der Waals surface area contributed by atoms with Gasteiger partial charge in [-0.1, -0.05) is 21.6 Å². The molecule has 102 valence electrons. The predicted octanol–water partition coefficient (Wildman–Crippen LogP) is 1.56. The molecular formula is C9H19NO4S3. The number of aliphatic carboxylic acids is 1. The first-order chi connectivity index (χ1) is 7.77. The van der Waals surface area contributed by atoms with Gasteiger partial charge in [0.05, 0.1) is 0 Å². The van der Waals surface area contributed by atoms with Crippen LogP contribution >= 0.6 is 21.6 Å². The summed E-state index contributed by atoms with van der Waals surface area (Å²) in [6, 6.07) is -0.898. The van der Waals surface area contributed by atoms with Gasteiger partial charge in [0.15, 0.2) is 11.1 Å². The Morgan fingerprint density at radius 2 is 2.06 bits per heavy atom. The van der Waals surface area contributed by atoms with Gasteiger partial charge in [0.1, 0.15) is 6.04 Å². The molecule has 0 aliphatic heterocycles. The van der Waals surface area contributed by atoms with Crippen LogP contribution in [-0.2, 0) is 15.9 Å². The van der Waals surface area contributed by atoms with Crippen molar-refractivity contribution >= 4 is 38.6 Å². The minimum Gasteiger partial charge on any atom is -0.480 e. The maximum atomic E-state index is 10.7. The molecule has 0 amide bonds. The lowest BCUT2D eigenvalue weighted by atomic mass is 10.1. The average Bonchev–Trinajstić information content (AvgIpc) is 2.21. The Labute approximate surface area is 112 Å². The summed E-state index contributed by atoms with van der Waals surface area (Å²) in [6.45, 7) is 3.60. The fraction of sp³-hybridized carbons (Fsp3) is 0.889. The van der Waals surface area contributed by atoms with Crippen LogP contribution in [0.25, 0.3) is 0 Å². The van der Waals surface area contributed by atoms with Gasteiger partial charge in [-0.2, -0.15) is 0 Å². The van der Waals surface area contributed by atoms with Gasteiger partial charge >= 0.3 is 5.97 Å². The smallest absolute Gasteiger partial charge is 0.321 e. The molecule has 0 heterocycles. The van der Waals surface area contributed by atoms with E-state index in [1.807, 2.05) is 0 Å². The van der Waals surface area contributed by atoms with E-state index in [4.69, 9.17) is 15.4 Å². The third-order valence-electron chi connectivity index (χ3n) is 2.09. The van der Waals surface area contributed by atoms with Gasteiger partial charge in [-0.15, -0.1) is 0 Å². The molecule has 0 aromatic rings. The number of carboxylic acid groups (broad SMARTS) is 1. The van der Waals surface area contributed by atoms with Crippen LogP contribution in [0.1, 0.15) is 26.7 Å². The van der Waals surface area contributed by atoms with Crippen LogP contribution < -0.4 is 5.73 Å². The van der Waals surface area contributed by atoms with Crippen molar-refractivity contribution in [2.24, 2.45) is 5.73 Å². The van der Waals surface area contributed by atoms with E-state index < -0.39 is 27.8 Å². The van der Waals surface area contributed by atoms with Crippen LogP contribution in [0.2, 0.25) is 0 Å². The molecule has 1 unspecified atom stereocenters. The zero-order valence-electron chi connectivity index (χ0n) is 9.92. The number of carbonyl (C=O) groups is 1. The van der Waals surface area contributed by atoms with E-state index in [1.54, 1.807) is 24.6 Å². The summed E-state index contributed by atoms with van der Waals surface area (Å²) in [6.07, 6.45) is 1.53. The highest BCUT2D eigenvalue weighted by atomic mass is 33.1. The van der Waals surface area contributed by atoms with Crippen molar-refractivity contribution in [3.05, 3.63) is 0 Å². The number of rotatable bonds is 9. The van der Waals surface area contributed by atoms with Crippen molar-refractivity contribution in [3.63, 3.8) is 0 Å². The highest BCUT2D eigenvalue weighted by molar-refractivity contribution is 8.77. The maximum absolute atomic E-state index is 10.7. The van der Waals surface area contributed by atoms with E-state index in [2.05, 4.69) is 0 Å². The maximum Gasteiger partial charge on any atom is 0.321 e. The van der Waals surface area contributed by atoms with Crippen molar-refractivity contribution in [1.29, 1.82) is 0 Å². The highest BCUT2D eigenvalue weighted by Gasteiger charge is 2.32. The van der Waals surface area contributed by atoms with Crippen LogP contribution in [0.15, 0.2) is 0 Å². The Hall–Kier alpha value is 0.240. The second-order valence-corrected chi connectivity index (χ2v) is 8.18. The molecule has 5 nitrogen and oxygen atoms in total. The van der Waals surface area contributed by atoms with Crippen molar-refractivity contribution in [2.75, 3.05) is 11.5 Å². The lowest BCUT2D eigenvalue weighted by Gasteiger charge is -2.27. The Morgan fingerprint density at radius 3 is 2.53 bits per heavy atom. The minimum atomic E-state index is -1.72. The molecule has 17 heavy (non-hydrogen) atoms. The van der Waals surface area contributed by atoms with Crippen LogP contribution in [0.3, 0.4) is 0 Å². The van der Waals surface area contributed by atoms with Gasteiger partial charge in [0, 0.05) is 16.3 Å². The topological polar surface area (TPSA) is 101 Å². The van der Waals surface area contributed by atoms with Gasteiger partial charge in [-0.25, -0.2) is 4.21 Å². The normalized spacial score (nSPS) is 15.5. The summed E-state index contributed by atoms with van der Waals surface area (Å²) in [4.78, 5) is 10.7. The average molecular weight is 301 g/mol. The predicted molar refractivity (Wildman–Crippen MR) is 74.6 cm³/mol. The summed E-state index contributed by atoms with van der Waals surface area (Å²) in [5.41, 5.74) is 5.57. The number of hydrogen-bond donors (Lipinski definition) is 3. The molecule has 0 aliphatic rings. The van der Waals surface area contributed by atoms with Crippen molar-refractivity contribution in [2.45, 2.75) is 37.5 Å². The molecule has 0 aromatic carbocycles. The Kier molecular flexibility index (Phi) is 8.48. The van der Waals surface area contributed by atoms with Gasteiger partial charge < -0.3 is 15.4 Å². The highest BCUT2D eigenvalue weighted by Crippen LogP contribution is 2.37. The van der Waals surface area contributed by atoms with Gasteiger partial charge in [0.25, 0.3) is 0 Å². The number of carboxylic acids is 1. The fourth-order valence-corrected chi connectivity index (χ4v) is 4.12. The molecule has 0 fully saturated rings. The fourth-order valence-electron chi connectivity index (χ4n) is 0.929. The van der Waals surface area contributed by atoms with E-state index in [-0.39, 0.29) is 0 Å². The number of nitrogens with two attached hydrogens (primary N) is 1. The summed E-state index contributed by atoms with van der Waals surface area (Å²) in [7, 11) is 3.00. The summed E-state index contributed by atoms with van der Waals surface area (Å²) in [5, 5.41) is 8.81. The minimum absolute atomic E-state index is 0.295. The van der Waals surface area contributed by atoms with E-state index in [9.17, 15) is 9.00 Å². The standard InChI is InChI=1S/C9H19NO4S3/c1-9(2,7(10)8(11)12)16-15-5-3-4-6-17(13)14/h7H,3-6,10H2,1-2H3,(H,11,12)(H,13,14)/t7-/m0/s1. The Bertz CT molecular complexity index is 273. The molecule has 0 radical (unpaired) electrons. The Balaban J connectivity index is 3.73. The summed E-state index contributed by atoms with van der Waals surface area (Å²) >= 11 is -1.72. The van der Waals surface area contributed by atoms with Crippen LogP contribution in [0.4, 0.5) is 0 Å². The summed E-state index contributed by atoms with van der Waals surface area (Å²) in [5.74, 6) is 0.111. The Morgan fingerprint density at radius 1 is 1.47 bits per heavy atom. The van der Waals surface area contributed by atoms with Crippen molar-refractivity contribution in [3.8, 4) is 0 Å². The number of unbranched alkanes of at least 4 members (excludes halogenated alkanes) is 1. The molecule has 0 saturated carbocycles. The second-order valence-electron chi connectivity index (χ2n) is 4.06. The van der Waals surface area contributed by atoms with Crippen LogP contribution in [-0.4, -0.2) is 42.1 Å². The summed E-state index contributed by atoms with van der Waals surface area (Å²) < 4.78 is 18.4. The molecular weight excluding hydrogens is 282 g/mol. The molecule has 2 atom stereocenters. The second kappa shape index (κ2) is 8.36. The van der Waals surface area contributed by atoms with Crippen molar-refractivity contribution in [1.82, 2.24) is 0 Å². The zero-order valence-corrected chi connectivity index (χ0v) is 12.4. The molecule has 8 heteroatoms. The quantitative estimate of drug-likeness (QED) is 0.337. The van der Waals surface area contributed by atoms with Gasteiger partial charge in [0.2, 0.25) is 0 Å². The number of hydrogen-bond acceptors (Lipinski definition) is 5. The van der Waals surface area contributed by atoms with Crippen molar-refractivity contribution < 1.29 is 18.7 Å². The lowest BCUT2D eigenvalue weighted by Crippen LogP contribution is -2.46. The van der Waals surface area contributed by atoms with E-state index >= 15 is 0 Å². The molecule has 0 rings (SSSR count). The monoisotopic (exact) mass is 301 g/mol. The van der Waals surface area contributed by atoms with Gasteiger partial charge in [-0.3, -0.25) is 4.79 Å².